The van der Waals surface area contributed by atoms with Gasteiger partial charge in [0.25, 0.3) is 0 Å². The third-order valence-corrected chi connectivity index (χ3v) is 4.08. The molecule has 0 amide bonds. The van der Waals surface area contributed by atoms with Crippen LogP contribution in [-0.4, -0.2) is 20.1 Å². The second-order valence-electron chi connectivity index (χ2n) is 4.40. The Morgan fingerprint density at radius 2 is 2.42 bits per heavy atom. The van der Waals surface area contributed by atoms with Crippen molar-refractivity contribution in [2.45, 2.75) is 19.0 Å². The molecule has 0 saturated heterocycles. The van der Waals surface area contributed by atoms with E-state index >= 15 is 0 Å². The topological polar surface area (TPSA) is 79.6 Å². The van der Waals surface area contributed by atoms with Crippen LogP contribution >= 0.6 is 11.3 Å². The number of nitrogens with one attached hydrogen (secondary N) is 2. The first kappa shape index (κ1) is 10.9. The molecule has 1 unspecified atom stereocenters. The summed E-state index contributed by atoms with van der Waals surface area (Å²) in [5.41, 5.74) is 2.20. The molecule has 1 aliphatic heterocycles. The smallest absolute Gasteiger partial charge is 0.244 e. The molecule has 4 rings (SSSR count). The van der Waals surface area contributed by atoms with Crippen LogP contribution in [0.25, 0.3) is 10.7 Å². The van der Waals surface area contributed by atoms with Crippen molar-refractivity contribution in [3.8, 4) is 10.7 Å². The summed E-state index contributed by atoms with van der Waals surface area (Å²) in [7, 11) is 0. The number of aromatic amines is 1. The maximum atomic E-state index is 5.36. The van der Waals surface area contributed by atoms with Crippen LogP contribution in [0.3, 0.4) is 0 Å². The van der Waals surface area contributed by atoms with Crippen molar-refractivity contribution in [1.82, 2.24) is 25.4 Å². The molecule has 3 aromatic rings. The zero-order valence-electron chi connectivity index (χ0n) is 9.96. The Morgan fingerprint density at radius 1 is 1.42 bits per heavy atom. The first-order chi connectivity index (χ1) is 9.40. The molecule has 7 heteroatoms. The minimum absolute atomic E-state index is 0.0389. The van der Waals surface area contributed by atoms with Crippen LogP contribution < -0.4 is 5.32 Å². The molecule has 0 aliphatic carbocycles. The second kappa shape index (κ2) is 4.29. The van der Waals surface area contributed by atoms with Gasteiger partial charge in [0.05, 0.1) is 28.6 Å². The molecule has 3 aromatic heterocycles. The van der Waals surface area contributed by atoms with Gasteiger partial charge in [-0.25, -0.2) is 4.98 Å². The van der Waals surface area contributed by atoms with E-state index in [-0.39, 0.29) is 6.04 Å². The Balaban J connectivity index is 1.61. The Hall–Kier alpha value is -1.99. The van der Waals surface area contributed by atoms with E-state index in [2.05, 4.69) is 25.4 Å². The van der Waals surface area contributed by atoms with E-state index in [0.29, 0.717) is 11.7 Å². The lowest BCUT2D eigenvalue weighted by atomic mass is 10.1. The van der Waals surface area contributed by atoms with Crippen molar-refractivity contribution in [3.63, 3.8) is 0 Å². The van der Waals surface area contributed by atoms with Crippen molar-refractivity contribution >= 4 is 11.3 Å². The number of hydrogen-bond acceptors (Lipinski definition) is 6. The summed E-state index contributed by atoms with van der Waals surface area (Å²) >= 11 is 1.60. The molecule has 0 radical (unpaired) electrons. The number of thiophene rings is 1. The van der Waals surface area contributed by atoms with E-state index in [1.54, 1.807) is 17.7 Å². The van der Waals surface area contributed by atoms with Crippen LogP contribution in [0.5, 0.6) is 0 Å². The predicted octanol–water partition coefficient (Wildman–Crippen LogP) is 1.91. The monoisotopic (exact) mass is 273 g/mol. The Labute approximate surface area is 112 Å². The molecule has 0 aromatic carbocycles. The number of H-pyrrole nitrogens is 1. The van der Waals surface area contributed by atoms with Gasteiger partial charge in [-0.05, 0) is 11.4 Å². The van der Waals surface area contributed by atoms with Crippen molar-refractivity contribution in [2.75, 3.05) is 0 Å². The fourth-order valence-corrected chi connectivity index (χ4v) is 2.88. The van der Waals surface area contributed by atoms with E-state index in [0.717, 1.165) is 29.2 Å². The van der Waals surface area contributed by atoms with Gasteiger partial charge < -0.3 is 9.51 Å². The van der Waals surface area contributed by atoms with Gasteiger partial charge in [-0.1, -0.05) is 11.2 Å². The number of aromatic nitrogens is 4. The summed E-state index contributed by atoms with van der Waals surface area (Å²) in [6.07, 6.45) is 2.49. The Kier molecular flexibility index (Phi) is 2.46. The predicted molar refractivity (Wildman–Crippen MR) is 69.5 cm³/mol. The minimum atomic E-state index is 0.0389. The van der Waals surface area contributed by atoms with E-state index in [4.69, 9.17) is 4.52 Å². The van der Waals surface area contributed by atoms with Crippen LogP contribution in [-0.2, 0) is 13.0 Å². The highest BCUT2D eigenvalue weighted by molar-refractivity contribution is 7.13. The Morgan fingerprint density at radius 3 is 3.32 bits per heavy atom. The summed E-state index contributed by atoms with van der Waals surface area (Å²) in [5, 5.41) is 9.41. The quantitative estimate of drug-likeness (QED) is 0.745. The molecule has 1 aliphatic rings. The first-order valence-corrected chi connectivity index (χ1v) is 6.90. The van der Waals surface area contributed by atoms with Crippen molar-refractivity contribution < 1.29 is 4.52 Å². The Bertz CT molecular complexity index is 687. The summed E-state index contributed by atoms with van der Waals surface area (Å²) in [6, 6.07) is 4.00. The highest BCUT2D eigenvalue weighted by atomic mass is 32.1. The molecule has 1 atom stereocenters. The number of nitrogens with zero attached hydrogens (tertiary/aromatic N) is 3. The second-order valence-corrected chi connectivity index (χ2v) is 5.35. The number of imidazole rings is 1. The molecule has 6 nitrogen and oxygen atoms in total. The summed E-state index contributed by atoms with van der Waals surface area (Å²) in [6.45, 7) is 0.747. The highest BCUT2D eigenvalue weighted by Gasteiger charge is 2.26. The molecule has 4 heterocycles. The highest BCUT2D eigenvalue weighted by Crippen LogP contribution is 2.26. The molecule has 0 bridgehead atoms. The lowest BCUT2D eigenvalue weighted by molar-refractivity contribution is 0.319. The lowest BCUT2D eigenvalue weighted by Crippen LogP contribution is -2.28. The van der Waals surface area contributed by atoms with E-state index in [1.165, 1.54) is 0 Å². The number of hydrogen-bond donors (Lipinski definition) is 2. The van der Waals surface area contributed by atoms with Gasteiger partial charge >= 0.3 is 0 Å². The lowest BCUT2D eigenvalue weighted by Gasteiger charge is -2.19. The van der Waals surface area contributed by atoms with Gasteiger partial charge in [-0.3, -0.25) is 5.32 Å². The van der Waals surface area contributed by atoms with E-state index in [1.807, 2.05) is 17.5 Å². The first-order valence-electron chi connectivity index (χ1n) is 6.02. The molecule has 0 saturated carbocycles. The molecule has 2 N–H and O–H groups in total. The maximum Gasteiger partial charge on any atom is 0.244 e. The van der Waals surface area contributed by atoms with Crippen LogP contribution in [0.2, 0.25) is 0 Å². The van der Waals surface area contributed by atoms with Crippen molar-refractivity contribution in [2.24, 2.45) is 0 Å². The normalized spacial score (nSPS) is 18.4. The standard InChI is InChI=1S/C12H11N5OS/c1-2-10(19-3-1)11-16-12(18-17-11)8-4-7-9(5-13-8)15-6-14-7/h1-3,6,8,13H,4-5H2,(H,14,15). The van der Waals surface area contributed by atoms with Crippen molar-refractivity contribution in [1.29, 1.82) is 0 Å². The van der Waals surface area contributed by atoms with Gasteiger partial charge in [0.2, 0.25) is 11.7 Å². The molecule has 19 heavy (non-hydrogen) atoms. The third-order valence-electron chi connectivity index (χ3n) is 3.21. The molecule has 0 spiro atoms. The average molecular weight is 273 g/mol. The van der Waals surface area contributed by atoms with Gasteiger partial charge in [0.15, 0.2) is 0 Å². The van der Waals surface area contributed by atoms with Crippen LogP contribution in [0.4, 0.5) is 0 Å². The summed E-state index contributed by atoms with van der Waals surface area (Å²) < 4.78 is 5.36. The van der Waals surface area contributed by atoms with Crippen LogP contribution in [0, 0.1) is 0 Å². The van der Waals surface area contributed by atoms with Crippen LogP contribution in [0.15, 0.2) is 28.4 Å². The fraction of sp³-hybridized carbons (Fsp3) is 0.250. The minimum Gasteiger partial charge on any atom is -0.347 e. The van der Waals surface area contributed by atoms with Gasteiger partial charge in [0.1, 0.15) is 0 Å². The zero-order valence-corrected chi connectivity index (χ0v) is 10.8. The number of fused-ring (bicyclic) bond motifs is 1. The summed E-state index contributed by atoms with van der Waals surface area (Å²) in [4.78, 5) is 12.9. The molecular formula is C12H11N5OS. The van der Waals surface area contributed by atoms with E-state index in [9.17, 15) is 0 Å². The molecule has 96 valence electrons. The summed E-state index contributed by atoms with van der Waals surface area (Å²) in [5.74, 6) is 1.27. The zero-order chi connectivity index (χ0) is 12.7. The largest absolute Gasteiger partial charge is 0.347 e. The SMILES string of the molecule is c1csc(-c2noc(C3Cc4nc[nH]c4CN3)n2)c1. The number of rotatable bonds is 2. The average Bonchev–Trinajstić information content (AvgIpc) is 3.18. The van der Waals surface area contributed by atoms with Gasteiger partial charge in [-0.15, -0.1) is 11.3 Å². The molecule has 0 fully saturated rings. The van der Waals surface area contributed by atoms with Crippen LogP contribution in [0.1, 0.15) is 23.3 Å². The fourth-order valence-electron chi connectivity index (χ4n) is 2.23. The van der Waals surface area contributed by atoms with Gasteiger partial charge in [-0.2, -0.15) is 4.98 Å². The molecular weight excluding hydrogens is 262 g/mol. The van der Waals surface area contributed by atoms with Crippen molar-refractivity contribution in [3.05, 3.63) is 41.1 Å². The van der Waals surface area contributed by atoms with Gasteiger partial charge in [0, 0.05) is 13.0 Å². The van der Waals surface area contributed by atoms with E-state index < -0.39 is 0 Å². The maximum absolute atomic E-state index is 5.36. The third kappa shape index (κ3) is 1.87.